The Kier molecular flexibility index (Phi) is 6.29. The van der Waals surface area contributed by atoms with Gasteiger partial charge in [-0.2, -0.15) is 0 Å². The lowest BCUT2D eigenvalue weighted by Gasteiger charge is -2.18. The van der Waals surface area contributed by atoms with Crippen LogP contribution < -0.4 is 4.72 Å². The van der Waals surface area contributed by atoms with E-state index in [1.165, 1.54) is 25.3 Å². The molecule has 0 aromatic heterocycles. The Morgan fingerprint density at radius 3 is 2.57 bits per heavy atom. The number of hydrogen-bond donors (Lipinski definition) is 1. The Morgan fingerprint density at radius 1 is 1.38 bits per heavy atom. The van der Waals surface area contributed by atoms with E-state index in [2.05, 4.69) is 9.46 Å². The molecule has 0 radical (unpaired) electrons. The summed E-state index contributed by atoms with van der Waals surface area (Å²) in [6.07, 6.45) is 0.328. The van der Waals surface area contributed by atoms with E-state index in [0.717, 1.165) is 6.07 Å². The first-order valence-electron chi connectivity index (χ1n) is 6.56. The van der Waals surface area contributed by atoms with Gasteiger partial charge < -0.3 is 4.74 Å². The van der Waals surface area contributed by atoms with Crippen molar-refractivity contribution < 1.29 is 22.3 Å². The third-order valence-corrected chi connectivity index (χ3v) is 4.12. The van der Waals surface area contributed by atoms with Crippen LogP contribution in [0.25, 0.3) is 0 Å². The third kappa shape index (κ3) is 6.22. The van der Waals surface area contributed by atoms with Gasteiger partial charge in [-0.15, -0.1) is 0 Å². The van der Waals surface area contributed by atoms with Crippen molar-refractivity contribution in [3.05, 3.63) is 35.6 Å². The number of methoxy groups -OCH3 is 1. The topological polar surface area (TPSA) is 72.5 Å². The predicted octanol–water partition coefficient (Wildman–Crippen LogP) is 1.83. The van der Waals surface area contributed by atoms with Crippen molar-refractivity contribution in [3.63, 3.8) is 0 Å². The van der Waals surface area contributed by atoms with Crippen LogP contribution in [0.3, 0.4) is 0 Å². The molecule has 1 rings (SSSR count). The summed E-state index contributed by atoms with van der Waals surface area (Å²) in [5.41, 5.74) is 0.315. The first kappa shape index (κ1) is 17.6. The van der Waals surface area contributed by atoms with Crippen LogP contribution in [0.4, 0.5) is 4.39 Å². The molecule has 0 fully saturated rings. The Morgan fingerprint density at radius 2 is 2.05 bits per heavy atom. The molecule has 1 N–H and O–H groups in total. The van der Waals surface area contributed by atoms with Gasteiger partial charge in [0, 0.05) is 0 Å². The minimum absolute atomic E-state index is 0.117. The number of rotatable bonds is 7. The van der Waals surface area contributed by atoms with Crippen molar-refractivity contribution in [3.8, 4) is 0 Å². The Bertz CT molecular complexity index is 586. The van der Waals surface area contributed by atoms with Crippen LogP contribution in [0.1, 0.15) is 25.8 Å². The van der Waals surface area contributed by atoms with Crippen molar-refractivity contribution >= 4 is 16.0 Å². The Balaban J connectivity index is 2.83. The van der Waals surface area contributed by atoms with E-state index < -0.39 is 33.6 Å². The maximum atomic E-state index is 13.1. The van der Waals surface area contributed by atoms with E-state index in [1.807, 2.05) is 13.8 Å². The van der Waals surface area contributed by atoms with Crippen LogP contribution in [0.15, 0.2) is 24.3 Å². The van der Waals surface area contributed by atoms with Gasteiger partial charge in [0.1, 0.15) is 11.9 Å². The number of hydrogen-bond acceptors (Lipinski definition) is 4. The average Bonchev–Trinajstić information content (AvgIpc) is 2.35. The van der Waals surface area contributed by atoms with Gasteiger partial charge in [-0.25, -0.2) is 17.5 Å². The molecule has 1 unspecified atom stereocenters. The number of nitrogens with one attached hydrogen (secondary N) is 1. The highest BCUT2D eigenvalue weighted by molar-refractivity contribution is 7.88. The highest BCUT2D eigenvalue weighted by atomic mass is 32.2. The second kappa shape index (κ2) is 7.51. The molecule has 0 heterocycles. The predicted molar refractivity (Wildman–Crippen MR) is 77.4 cm³/mol. The number of carbonyl (C=O) groups is 1. The largest absolute Gasteiger partial charge is 0.468 e. The maximum absolute atomic E-state index is 13.1. The average molecular weight is 317 g/mol. The Hall–Kier alpha value is -1.47. The second-order valence-corrected chi connectivity index (χ2v) is 6.97. The molecule has 0 aliphatic carbocycles. The molecule has 7 heteroatoms. The smallest absolute Gasteiger partial charge is 0.323 e. The zero-order chi connectivity index (χ0) is 16.0. The first-order chi connectivity index (χ1) is 9.73. The Labute approximate surface area is 124 Å². The summed E-state index contributed by atoms with van der Waals surface area (Å²) >= 11 is 0. The maximum Gasteiger partial charge on any atom is 0.323 e. The molecule has 0 saturated carbocycles. The van der Waals surface area contributed by atoms with Crippen LogP contribution in [0.2, 0.25) is 0 Å². The fourth-order valence-corrected chi connectivity index (χ4v) is 3.24. The molecule has 5 nitrogen and oxygen atoms in total. The van der Waals surface area contributed by atoms with E-state index in [0.29, 0.717) is 12.0 Å². The minimum Gasteiger partial charge on any atom is -0.468 e. The van der Waals surface area contributed by atoms with Crippen LogP contribution in [-0.4, -0.2) is 27.5 Å². The van der Waals surface area contributed by atoms with E-state index in [4.69, 9.17) is 0 Å². The number of esters is 1. The SMILES string of the molecule is COC(=O)C(CC(C)C)NS(=O)(=O)Cc1cccc(F)c1. The fourth-order valence-electron chi connectivity index (χ4n) is 1.91. The molecule has 0 amide bonds. The zero-order valence-electron chi connectivity index (χ0n) is 12.3. The van der Waals surface area contributed by atoms with Crippen molar-refractivity contribution in [2.75, 3.05) is 7.11 Å². The molecule has 21 heavy (non-hydrogen) atoms. The molecule has 0 saturated heterocycles. The van der Waals surface area contributed by atoms with Crippen molar-refractivity contribution in [1.29, 1.82) is 0 Å². The molecule has 0 spiro atoms. The summed E-state index contributed by atoms with van der Waals surface area (Å²) in [5.74, 6) is -1.41. The van der Waals surface area contributed by atoms with Crippen molar-refractivity contribution in [2.45, 2.75) is 32.1 Å². The van der Waals surface area contributed by atoms with E-state index in [9.17, 15) is 17.6 Å². The van der Waals surface area contributed by atoms with Gasteiger partial charge in [-0.1, -0.05) is 26.0 Å². The molecular weight excluding hydrogens is 297 g/mol. The van der Waals surface area contributed by atoms with Crippen LogP contribution in [0, 0.1) is 11.7 Å². The highest BCUT2D eigenvalue weighted by Gasteiger charge is 2.26. The van der Waals surface area contributed by atoms with Crippen LogP contribution >= 0.6 is 0 Å². The molecule has 1 aromatic rings. The van der Waals surface area contributed by atoms with Gasteiger partial charge in [0.2, 0.25) is 10.0 Å². The van der Waals surface area contributed by atoms with Crippen molar-refractivity contribution in [2.24, 2.45) is 5.92 Å². The van der Waals surface area contributed by atoms with E-state index in [-0.39, 0.29) is 5.92 Å². The zero-order valence-corrected chi connectivity index (χ0v) is 13.1. The third-order valence-electron chi connectivity index (χ3n) is 2.76. The molecule has 0 aliphatic heterocycles. The second-order valence-electron chi connectivity index (χ2n) is 5.21. The van der Waals surface area contributed by atoms with Gasteiger partial charge in [-0.3, -0.25) is 4.79 Å². The molecule has 1 atom stereocenters. The molecular formula is C14H20FNO4S. The number of benzene rings is 1. The van der Waals surface area contributed by atoms with E-state index in [1.54, 1.807) is 0 Å². The van der Waals surface area contributed by atoms with Gasteiger partial charge >= 0.3 is 5.97 Å². The van der Waals surface area contributed by atoms with E-state index >= 15 is 0 Å². The lowest BCUT2D eigenvalue weighted by Crippen LogP contribution is -2.42. The number of sulfonamides is 1. The van der Waals surface area contributed by atoms with Gasteiger partial charge in [-0.05, 0) is 30.0 Å². The quantitative estimate of drug-likeness (QED) is 0.779. The summed E-state index contributed by atoms with van der Waals surface area (Å²) in [6.45, 7) is 3.74. The normalized spacial score (nSPS) is 13.2. The minimum atomic E-state index is -3.77. The van der Waals surface area contributed by atoms with Crippen LogP contribution in [-0.2, 0) is 25.3 Å². The first-order valence-corrected chi connectivity index (χ1v) is 8.21. The molecule has 118 valence electrons. The summed E-state index contributed by atoms with van der Waals surface area (Å²) in [5, 5.41) is 0. The monoisotopic (exact) mass is 317 g/mol. The number of halogens is 1. The number of carbonyl (C=O) groups excluding carboxylic acids is 1. The number of ether oxygens (including phenoxy) is 1. The summed E-state index contributed by atoms with van der Waals surface area (Å²) in [7, 11) is -2.56. The van der Waals surface area contributed by atoms with Crippen LogP contribution in [0.5, 0.6) is 0 Å². The summed E-state index contributed by atoms with van der Waals surface area (Å²) < 4.78 is 44.2. The standard InChI is InChI=1S/C14H20FNO4S/c1-10(2)7-13(14(17)20-3)16-21(18,19)9-11-5-4-6-12(15)8-11/h4-6,8,10,13,16H,7,9H2,1-3H3. The lowest BCUT2D eigenvalue weighted by molar-refractivity contribution is -0.143. The summed E-state index contributed by atoms with van der Waals surface area (Å²) in [6, 6.07) is 4.40. The molecule has 0 bridgehead atoms. The van der Waals surface area contributed by atoms with Gasteiger partial charge in [0.25, 0.3) is 0 Å². The van der Waals surface area contributed by atoms with Gasteiger partial charge in [0.05, 0.1) is 12.9 Å². The van der Waals surface area contributed by atoms with Crippen molar-refractivity contribution in [1.82, 2.24) is 4.72 Å². The highest BCUT2D eigenvalue weighted by Crippen LogP contribution is 2.11. The molecule has 1 aromatic carbocycles. The lowest BCUT2D eigenvalue weighted by atomic mass is 10.1. The van der Waals surface area contributed by atoms with Gasteiger partial charge in [0.15, 0.2) is 0 Å². The summed E-state index contributed by atoms with van der Waals surface area (Å²) in [4.78, 5) is 11.6. The fraction of sp³-hybridized carbons (Fsp3) is 0.500. The molecule has 0 aliphatic rings.